The number of hydrogen-bond donors (Lipinski definition) is 1. The van der Waals surface area contributed by atoms with Crippen molar-refractivity contribution in [2.45, 2.75) is 19.8 Å². The predicted octanol–water partition coefficient (Wildman–Crippen LogP) is 2.29. The second kappa shape index (κ2) is 7.04. The molecule has 1 aliphatic heterocycles. The first kappa shape index (κ1) is 15.3. The van der Waals surface area contributed by atoms with Gasteiger partial charge < -0.3 is 10.2 Å². The molecule has 1 heterocycles. The van der Waals surface area contributed by atoms with E-state index in [1.807, 2.05) is 0 Å². The summed E-state index contributed by atoms with van der Waals surface area (Å²) in [5.74, 6) is 0.671. The van der Waals surface area contributed by atoms with Crippen LogP contribution in [0.15, 0.2) is 18.2 Å². The molecule has 1 aromatic carbocycles. The highest BCUT2D eigenvalue weighted by atomic mass is 16.6. The average molecular weight is 288 g/mol. The van der Waals surface area contributed by atoms with Crippen LogP contribution in [0.4, 0.5) is 11.4 Å². The van der Waals surface area contributed by atoms with Gasteiger partial charge in [0.2, 0.25) is 0 Å². The van der Waals surface area contributed by atoms with Crippen LogP contribution in [0.2, 0.25) is 0 Å². The lowest BCUT2D eigenvalue weighted by Gasteiger charge is -2.34. The number of nitriles is 1. The van der Waals surface area contributed by atoms with E-state index in [9.17, 15) is 15.4 Å². The molecule has 0 unspecified atom stereocenters. The van der Waals surface area contributed by atoms with Gasteiger partial charge in [-0.1, -0.05) is 6.92 Å². The van der Waals surface area contributed by atoms with Crippen LogP contribution in [-0.4, -0.2) is 31.1 Å². The molecular formula is C15H20N4O2. The summed E-state index contributed by atoms with van der Waals surface area (Å²) < 4.78 is 0. The van der Waals surface area contributed by atoms with Crippen molar-refractivity contribution in [2.24, 2.45) is 5.92 Å². The number of nitrogens with one attached hydrogen (secondary N) is 1. The number of nitrogens with zero attached hydrogens (tertiary/aromatic N) is 3. The molecule has 0 aliphatic carbocycles. The van der Waals surface area contributed by atoms with E-state index in [1.54, 1.807) is 6.07 Å². The molecule has 1 N–H and O–H groups in total. The molecular weight excluding hydrogens is 268 g/mol. The third-order valence-corrected chi connectivity index (χ3v) is 3.95. The van der Waals surface area contributed by atoms with Crippen molar-refractivity contribution in [1.82, 2.24) is 5.32 Å². The van der Waals surface area contributed by atoms with Crippen LogP contribution in [0.5, 0.6) is 0 Å². The molecule has 1 aromatic rings. The van der Waals surface area contributed by atoms with Gasteiger partial charge in [0.25, 0.3) is 5.69 Å². The van der Waals surface area contributed by atoms with E-state index in [4.69, 9.17) is 0 Å². The van der Waals surface area contributed by atoms with Crippen LogP contribution in [0.3, 0.4) is 0 Å². The van der Waals surface area contributed by atoms with E-state index in [0.29, 0.717) is 11.5 Å². The summed E-state index contributed by atoms with van der Waals surface area (Å²) in [5, 5.41) is 23.4. The Hall–Kier alpha value is -2.13. The van der Waals surface area contributed by atoms with E-state index >= 15 is 0 Å². The Morgan fingerprint density at radius 2 is 2.19 bits per heavy atom. The summed E-state index contributed by atoms with van der Waals surface area (Å²) >= 11 is 0. The molecule has 0 aromatic heterocycles. The van der Waals surface area contributed by atoms with Gasteiger partial charge >= 0.3 is 0 Å². The van der Waals surface area contributed by atoms with Crippen molar-refractivity contribution >= 4 is 11.4 Å². The second-order valence-electron chi connectivity index (χ2n) is 5.31. The first-order valence-corrected chi connectivity index (χ1v) is 7.30. The van der Waals surface area contributed by atoms with Crippen LogP contribution in [0, 0.1) is 27.4 Å². The molecule has 0 radical (unpaired) electrons. The molecule has 0 spiro atoms. The van der Waals surface area contributed by atoms with Crippen LogP contribution >= 0.6 is 0 Å². The Balaban J connectivity index is 2.06. The normalized spacial score (nSPS) is 15.7. The molecule has 2 rings (SSSR count). The maximum atomic E-state index is 10.8. The fourth-order valence-electron chi connectivity index (χ4n) is 2.73. The Kier molecular flexibility index (Phi) is 5.12. The van der Waals surface area contributed by atoms with Gasteiger partial charge in [-0.25, -0.2) is 0 Å². The number of hydrogen-bond acceptors (Lipinski definition) is 5. The SMILES string of the molecule is CCNCC1CCN(c2ccc([N+](=O)[O-])cc2C#N)CC1. The molecule has 6 heteroatoms. The van der Waals surface area contributed by atoms with Crippen LogP contribution in [0.25, 0.3) is 0 Å². The summed E-state index contributed by atoms with van der Waals surface area (Å²) in [7, 11) is 0. The third-order valence-electron chi connectivity index (χ3n) is 3.95. The molecule has 1 saturated heterocycles. The summed E-state index contributed by atoms with van der Waals surface area (Å²) in [5.41, 5.74) is 1.16. The Labute approximate surface area is 124 Å². The highest BCUT2D eigenvalue weighted by Crippen LogP contribution is 2.28. The van der Waals surface area contributed by atoms with Crippen molar-refractivity contribution in [3.63, 3.8) is 0 Å². The molecule has 0 atom stereocenters. The molecule has 1 aliphatic rings. The van der Waals surface area contributed by atoms with Gasteiger partial charge in [-0.2, -0.15) is 5.26 Å². The van der Waals surface area contributed by atoms with E-state index < -0.39 is 4.92 Å². The molecule has 1 fully saturated rings. The zero-order valence-corrected chi connectivity index (χ0v) is 12.2. The van der Waals surface area contributed by atoms with Crippen molar-refractivity contribution in [1.29, 1.82) is 5.26 Å². The summed E-state index contributed by atoms with van der Waals surface area (Å²) in [4.78, 5) is 12.5. The van der Waals surface area contributed by atoms with Gasteiger partial charge in [0.1, 0.15) is 6.07 Å². The lowest BCUT2D eigenvalue weighted by Crippen LogP contribution is -2.37. The third kappa shape index (κ3) is 3.70. The van der Waals surface area contributed by atoms with E-state index in [2.05, 4.69) is 23.2 Å². The zero-order chi connectivity index (χ0) is 15.2. The molecule has 0 amide bonds. The Morgan fingerprint density at radius 3 is 2.76 bits per heavy atom. The zero-order valence-electron chi connectivity index (χ0n) is 12.2. The lowest BCUT2D eigenvalue weighted by molar-refractivity contribution is -0.384. The number of anilines is 1. The minimum absolute atomic E-state index is 0.0302. The standard InChI is InChI=1S/C15H20N4O2/c1-2-17-11-12-5-7-18(8-6-12)15-4-3-14(19(20)21)9-13(15)10-16/h3-4,9,12,17H,2,5-8,11H2,1H3. The number of benzene rings is 1. The van der Waals surface area contributed by atoms with Gasteiger partial charge in [0.15, 0.2) is 0 Å². The number of piperidine rings is 1. The number of nitro groups is 1. The first-order valence-electron chi connectivity index (χ1n) is 7.30. The van der Waals surface area contributed by atoms with Crippen molar-refractivity contribution in [2.75, 3.05) is 31.1 Å². The second-order valence-corrected chi connectivity index (χ2v) is 5.31. The minimum atomic E-state index is -0.465. The summed E-state index contributed by atoms with van der Waals surface area (Å²) in [6.45, 7) is 5.91. The molecule has 6 nitrogen and oxygen atoms in total. The molecule has 0 saturated carbocycles. The lowest BCUT2D eigenvalue weighted by atomic mass is 9.96. The molecule has 112 valence electrons. The monoisotopic (exact) mass is 288 g/mol. The van der Waals surface area contributed by atoms with Gasteiger partial charge in [-0.05, 0) is 37.9 Å². The van der Waals surface area contributed by atoms with Gasteiger partial charge in [-0.15, -0.1) is 0 Å². The van der Waals surface area contributed by atoms with E-state index in [-0.39, 0.29) is 5.69 Å². The predicted molar refractivity (Wildman–Crippen MR) is 81.3 cm³/mol. The minimum Gasteiger partial charge on any atom is -0.370 e. The first-order chi connectivity index (χ1) is 10.2. The fourth-order valence-corrected chi connectivity index (χ4v) is 2.73. The number of rotatable bonds is 5. The summed E-state index contributed by atoms with van der Waals surface area (Å²) in [6, 6.07) is 6.61. The van der Waals surface area contributed by atoms with Crippen LogP contribution in [-0.2, 0) is 0 Å². The summed E-state index contributed by atoms with van der Waals surface area (Å²) in [6.07, 6.45) is 2.16. The molecule has 0 bridgehead atoms. The largest absolute Gasteiger partial charge is 0.370 e. The van der Waals surface area contributed by atoms with Gasteiger partial charge in [0.05, 0.1) is 16.2 Å². The Morgan fingerprint density at radius 1 is 1.48 bits per heavy atom. The smallest absolute Gasteiger partial charge is 0.270 e. The maximum Gasteiger partial charge on any atom is 0.270 e. The maximum absolute atomic E-state index is 10.8. The van der Waals surface area contributed by atoms with Gasteiger partial charge in [0, 0.05) is 25.2 Å². The quantitative estimate of drug-likeness (QED) is 0.664. The van der Waals surface area contributed by atoms with Crippen molar-refractivity contribution in [3.8, 4) is 6.07 Å². The fraction of sp³-hybridized carbons (Fsp3) is 0.533. The van der Waals surface area contributed by atoms with Crippen molar-refractivity contribution < 1.29 is 4.92 Å². The number of nitro benzene ring substituents is 1. The van der Waals surface area contributed by atoms with E-state index in [1.165, 1.54) is 12.1 Å². The van der Waals surface area contributed by atoms with Crippen LogP contribution < -0.4 is 10.2 Å². The highest BCUT2D eigenvalue weighted by molar-refractivity contribution is 5.63. The van der Waals surface area contributed by atoms with Crippen molar-refractivity contribution in [3.05, 3.63) is 33.9 Å². The highest BCUT2D eigenvalue weighted by Gasteiger charge is 2.22. The average Bonchev–Trinajstić information content (AvgIpc) is 2.52. The molecule has 21 heavy (non-hydrogen) atoms. The van der Waals surface area contributed by atoms with Gasteiger partial charge in [-0.3, -0.25) is 10.1 Å². The van der Waals surface area contributed by atoms with Crippen LogP contribution in [0.1, 0.15) is 25.3 Å². The number of non-ortho nitro benzene ring substituents is 1. The Bertz CT molecular complexity index is 545. The topological polar surface area (TPSA) is 82.2 Å². The van der Waals surface area contributed by atoms with E-state index in [0.717, 1.165) is 44.7 Å².